The number of likely N-dealkylation sites (tertiary alicyclic amines) is 2. The molecule has 4 aromatic carbocycles. The molecule has 0 saturated carbocycles. The van der Waals surface area contributed by atoms with E-state index in [1.807, 2.05) is 56.3 Å². The molecule has 8 rings (SSSR count). The van der Waals surface area contributed by atoms with Gasteiger partial charge in [0.25, 0.3) is 0 Å². The van der Waals surface area contributed by atoms with Crippen molar-refractivity contribution in [2.45, 2.75) is 70.1 Å². The Labute approximate surface area is 390 Å². The molecule has 0 unspecified atom stereocenters. The van der Waals surface area contributed by atoms with Crippen LogP contribution < -0.4 is 0 Å². The van der Waals surface area contributed by atoms with E-state index in [0.29, 0.717) is 48.8 Å². The average Bonchev–Trinajstić information content (AvgIpc) is 3.90. The lowest BCUT2D eigenvalue weighted by Crippen LogP contribution is -2.43. The highest BCUT2D eigenvalue weighted by molar-refractivity contribution is 6.36. The van der Waals surface area contributed by atoms with Crippen LogP contribution in [0.25, 0.3) is 21.8 Å². The summed E-state index contributed by atoms with van der Waals surface area (Å²) in [5.41, 5.74) is 5.42. The van der Waals surface area contributed by atoms with Gasteiger partial charge in [0.05, 0.1) is 56.9 Å². The number of ether oxygens (including phenoxy) is 2. The predicted molar refractivity (Wildman–Crippen MR) is 254 cm³/mol. The summed E-state index contributed by atoms with van der Waals surface area (Å²) in [6.45, 7) is 9.92. The summed E-state index contributed by atoms with van der Waals surface area (Å²) in [6.07, 6.45) is 13.6. The molecule has 0 aliphatic carbocycles. The second kappa shape index (κ2) is 25.2. The molecule has 2 saturated heterocycles. The van der Waals surface area contributed by atoms with E-state index in [2.05, 4.69) is 58.1 Å². The van der Waals surface area contributed by atoms with E-state index in [0.717, 1.165) is 95.9 Å². The monoisotopic (exact) mass is 937 g/mol. The zero-order valence-corrected chi connectivity index (χ0v) is 39.4. The van der Waals surface area contributed by atoms with E-state index in [9.17, 15) is 13.2 Å². The lowest BCUT2D eigenvalue weighted by molar-refractivity contribution is 0.0411. The summed E-state index contributed by atoms with van der Waals surface area (Å²) >= 11 is 18.7. The smallest absolute Gasteiger partial charge is 0.132 e. The molecule has 0 radical (unpaired) electrons. The highest BCUT2D eigenvalue weighted by Crippen LogP contribution is 2.38. The number of rotatable bonds is 11. The van der Waals surface area contributed by atoms with Crippen LogP contribution in [0.5, 0.6) is 0 Å². The molecule has 0 bridgehead atoms. The third-order valence-electron chi connectivity index (χ3n) is 11.7. The van der Waals surface area contributed by atoms with Crippen LogP contribution in [0, 0.1) is 35.8 Å². The van der Waals surface area contributed by atoms with E-state index in [-0.39, 0.29) is 29.0 Å². The SMILES string of the molecule is C#C.CC.CF.CN1CCC(COCc2cc(Cl)cc3c(Cl)[nH]nc23)(c2ccc(F)cc2)CC1.CN1CCC(COCc2cc(Cl)cc3cnn(CC#N)c23)(c2ccc(F)cc2)CC1. The Morgan fingerprint density at radius 2 is 1.19 bits per heavy atom. The molecule has 2 aromatic heterocycles. The Hall–Kier alpha value is -4.63. The van der Waals surface area contributed by atoms with Gasteiger partial charge in [-0.2, -0.15) is 15.5 Å². The van der Waals surface area contributed by atoms with Crippen LogP contribution >= 0.6 is 34.8 Å². The number of terminal acetylenes is 1. The van der Waals surface area contributed by atoms with Crippen LogP contribution in [0.1, 0.15) is 61.8 Å². The van der Waals surface area contributed by atoms with Crippen molar-refractivity contribution in [2.75, 3.05) is 60.7 Å². The fourth-order valence-electron chi connectivity index (χ4n) is 8.25. The minimum Gasteiger partial charge on any atom is -0.376 e. The van der Waals surface area contributed by atoms with Crippen molar-refractivity contribution in [2.24, 2.45) is 0 Å². The molecule has 342 valence electrons. The van der Waals surface area contributed by atoms with Gasteiger partial charge in [-0.25, -0.2) is 8.78 Å². The molecule has 0 spiro atoms. The highest BCUT2D eigenvalue weighted by atomic mass is 35.5. The van der Waals surface area contributed by atoms with Gasteiger partial charge in [0.2, 0.25) is 0 Å². The normalized spacial score (nSPS) is 15.6. The van der Waals surface area contributed by atoms with Crippen molar-refractivity contribution in [3.05, 3.63) is 128 Å². The predicted octanol–water partition coefficient (Wildman–Crippen LogP) is 11.6. The van der Waals surface area contributed by atoms with Gasteiger partial charge in [0.15, 0.2) is 0 Å². The lowest BCUT2D eigenvalue weighted by atomic mass is 9.73. The zero-order chi connectivity index (χ0) is 46.9. The number of alkyl halides is 1. The maximum atomic E-state index is 13.5. The molecule has 6 aromatic rings. The molecule has 9 nitrogen and oxygen atoms in total. The van der Waals surface area contributed by atoms with Gasteiger partial charge in [-0.15, -0.1) is 12.8 Å². The largest absolute Gasteiger partial charge is 0.376 e. The topological polar surface area (TPSA) is 95.2 Å². The number of nitrogens with one attached hydrogen (secondary N) is 1. The highest BCUT2D eigenvalue weighted by Gasteiger charge is 2.37. The average molecular weight is 939 g/mol. The summed E-state index contributed by atoms with van der Waals surface area (Å²) in [5, 5.41) is 23.8. The van der Waals surface area contributed by atoms with Crippen molar-refractivity contribution >= 4 is 56.6 Å². The van der Waals surface area contributed by atoms with Gasteiger partial charge in [0.1, 0.15) is 23.3 Å². The summed E-state index contributed by atoms with van der Waals surface area (Å²) in [7, 11) is 4.74. The first-order chi connectivity index (χ1) is 31.0. The van der Waals surface area contributed by atoms with Gasteiger partial charge in [-0.1, -0.05) is 72.9 Å². The molecular formula is C49H57Cl3F3N7O2. The van der Waals surface area contributed by atoms with Crippen LogP contribution in [0.4, 0.5) is 13.2 Å². The molecule has 0 atom stereocenters. The van der Waals surface area contributed by atoms with Gasteiger partial charge in [0, 0.05) is 42.8 Å². The van der Waals surface area contributed by atoms with E-state index in [4.69, 9.17) is 49.5 Å². The first-order valence-corrected chi connectivity index (χ1v) is 22.2. The van der Waals surface area contributed by atoms with Gasteiger partial charge in [-0.05, 0) is 126 Å². The number of hydrogen-bond donors (Lipinski definition) is 1. The summed E-state index contributed by atoms with van der Waals surface area (Å²) in [4.78, 5) is 4.62. The molecule has 2 aliphatic rings. The van der Waals surface area contributed by atoms with Crippen LogP contribution in [0.15, 0.2) is 79.0 Å². The Balaban J connectivity index is 0.000000252. The second-order valence-corrected chi connectivity index (χ2v) is 16.9. The number of hydrogen-bond acceptors (Lipinski definition) is 7. The van der Waals surface area contributed by atoms with Crippen molar-refractivity contribution in [3.63, 3.8) is 0 Å². The molecule has 1 N–H and O–H groups in total. The third kappa shape index (κ3) is 13.0. The molecule has 4 heterocycles. The van der Waals surface area contributed by atoms with Crippen LogP contribution in [-0.4, -0.2) is 90.4 Å². The molecular weight excluding hydrogens is 882 g/mol. The number of halogens is 6. The lowest BCUT2D eigenvalue weighted by Gasteiger charge is -2.41. The number of piperidine rings is 2. The minimum absolute atomic E-state index is 0.124. The number of nitriles is 1. The number of aromatic nitrogens is 4. The van der Waals surface area contributed by atoms with Crippen LogP contribution in [0.3, 0.4) is 0 Å². The van der Waals surface area contributed by atoms with Crippen LogP contribution in [-0.2, 0) is 40.1 Å². The summed E-state index contributed by atoms with van der Waals surface area (Å²) in [5.74, 6) is -0.445. The Kier molecular flexibility index (Phi) is 20.4. The maximum Gasteiger partial charge on any atom is 0.132 e. The quantitative estimate of drug-likeness (QED) is 0.129. The van der Waals surface area contributed by atoms with Crippen molar-refractivity contribution in [1.82, 2.24) is 29.8 Å². The van der Waals surface area contributed by atoms with Crippen molar-refractivity contribution < 1.29 is 22.6 Å². The van der Waals surface area contributed by atoms with Crippen molar-refractivity contribution in [1.29, 1.82) is 5.26 Å². The Morgan fingerprint density at radius 1 is 0.734 bits per heavy atom. The number of nitrogens with zero attached hydrogens (tertiary/aromatic N) is 6. The van der Waals surface area contributed by atoms with E-state index in [1.54, 1.807) is 16.9 Å². The summed E-state index contributed by atoms with van der Waals surface area (Å²) < 4.78 is 50.5. The van der Waals surface area contributed by atoms with E-state index >= 15 is 0 Å². The van der Waals surface area contributed by atoms with Gasteiger partial charge >= 0.3 is 0 Å². The maximum absolute atomic E-state index is 13.5. The first kappa shape index (κ1) is 52.0. The van der Waals surface area contributed by atoms with E-state index in [1.165, 1.54) is 24.3 Å². The number of aromatic amines is 1. The fourth-order valence-corrected chi connectivity index (χ4v) is 8.93. The third-order valence-corrected chi connectivity index (χ3v) is 12.5. The van der Waals surface area contributed by atoms with E-state index < -0.39 is 0 Å². The number of fused-ring (bicyclic) bond motifs is 2. The summed E-state index contributed by atoms with van der Waals surface area (Å²) in [6, 6.07) is 23.1. The Morgan fingerprint density at radius 3 is 1.67 bits per heavy atom. The van der Waals surface area contributed by atoms with Gasteiger partial charge in [-0.3, -0.25) is 14.2 Å². The number of H-pyrrole nitrogens is 1. The minimum atomic E-state index is -0.227. The molecule has 64 heavy (non-hydrogen) atoms. The Bertz CT molecular complexity index is 2420. The number of benzene rings is 4. The fraction of sp³-hybridized carbons (Fsp3) is 0.408. The standard InChI is InChI=1S/C23H24ClFN4O.C21H22Cl2FN3O.C2H6.C2H2.CH3F/c1-28-9-6-23(7-10-28,19-2-4-21(25)5-3-19)16-30-15-18-13-20(24)12-17-14-27-29(11-8-26)22(17)18;1-27-8-6-21(7-9-27,15-2-4-17(24)5-3-15)13-28-12-14-10-16(22)11-18-19(14)25-26-20(18)23;3*1-2/h2-5,12-14H,6-7,9-11,15-16H2,1H3;2-5,10-11H,6-9,12-13H2,1H3,(H,25,26);1-2H3;1-2H;1H3. The molecule has 2 aliphatic heterocycles. The van der Waals surface area contributed by atoms with Crippen molar-refractivity contribution in [3.8, 4) is 18.9 Å². The second-order valence-electron chi connectivity index (χ2n) is 15.6. The zero-order valence-electron chi connectivity index (χ0n) is 37.1. The molecule has 15 heteroatoms. The first-order valence-electron chi connectivity index (χ1n) is 21.1. The van der Waals surface area contributed by atoms with Crippen LogP contribution in [0.2, 0.25) is 15.2 Å². The van der Waals surface area contributed by atoms with Gasteiger partial charge < -0.3 is 19.3 Å². The molecule has 0 amide bonds. The molecule has 2 fully saturated rings.